The summed E-state index contributed by atoms with van der Waals surface area (Å²) in [6.45, 7) is 11.5. The molecule has 0 aliphatic heterocycles. The Hall–Kier alpha value is -1.64. The van der Waals surface area contributed by atoms with Crippen LogP contribution in [0.1, 0.15) is 82.5 Å². The van der Waals surface area contributed by atoms with Crippen LogP contribution in [-0.2, 0) is 5.41 Å². The van der Waals surface area contributed by atoms with Crippen molar-refractivity contribution in [2.24, 2.45) is 11.3 Å². The second-order valence-corrected chi connectivity index (χ2v) is 9.50. The second kappa shape index (κ2) is 5.18. The Kier molecular flexibility index (Phi) is 3.49. The number of phenols is 2. The SMILES string of the molecule is Cc1c(O)c(O)cc2c3c([nH]c12)C(C)CC[C@@H]1C(C)(C)CCC[C@@]31C. The standard InChI is InChI=1S/C22H31NO2/c1-12-7-8-16-21(3,4)9-6-10-22(16,5)17-14-11-15(24)20(25)13(2)19(14)23-18(12)17/h11-12,16,23-25H,6-10H2,1-5H3/t12?,16-,22-/m1/s1. The molecule has 1 heterocycles. The third kappa shape index (κ3) is 2.17. The molecule has 0 radical (unpaired) electrons. The van der Waals surface area contributed by atoms with Crippen molar-refractivity contribution >= 4 is 10.9 Å². The summed E-state index contributed by atoms with van der Waals surface area (Å²) in [5.41, 5.74) is 4.94. The monoisotopic (exact) mass is 341 g/mol. The number of aromatic nitrogens is 1. The van der Waals surface area contributed by atoms with E-state index >= 15 is 0 Å². The minimum absolute atomic E-state index is 0.00100. The minimum atomic E-state index is -0.00100. The van der Waals surface area contributed by atoms with Crippen LogP contribution in [0.5, 0.6) is 11.5 Å². The van der Waals surface area contributed by atoms with Crippen LogP contribution in [0.2, 0.25) is 0 Å². The van der Waals surface area contributed by atoms with Crippen molar-refractivity contribution < 1.29 is 10.2 Å². The molecular weight excluding hydrogens is 310 g/mol. The first-order valence-corrected chi connectivity index (χ1v) is 9.74. The molecule has 2 aliphatic rings. The van der Waals surface area contributed by atoms with E-state index in [9.17, 15) is 10.2 Å². The first kappa shape index (κ1) is 16.8. The molecule has 25 heavy (non-hydrogen) atoms. The van der Waals surface area contributed by atoms with E-state index in [-0.39, 0.29) is 16.9 Å². The second-order valence-electron chi connectivity index (χ2n) is 9.50. The molecule has 2 aliphatic carbocycles. The van der Waals surface area contributed by atoms with Crippen LogP contribution in [0.15, 0.2) is 6.07 Å². The van der Waals surface area contributed by atoms with Gasteiger partial charge in [0, 0.05) is 16.6 Å². The minimum Gasteiger partial charge on any atom is -0.504 e. The van der Waals surface area contributed by atoms with Crippen molar-refractivity contribution in [3.8, 4) is 11.5 Å². The zero-order valence-corrected chi connectivity index (χ0v) is 16.2. The van der Waals surface area contributed by atoms with Crippen LogP contribution >= 0.6 is 0 Å². The van der Waals surface area contributed by atoms with Gasteiger partial charge in [0.2, 0.25) is 0 Å². The van der Waals surface area contributed by atoms with Crippen LogP contribution in [0.4, 0.5) is 0 Å². The summed E-state index contributed by atoms with van der Waals surface area (Å²) in [5.74, 6) is 1.12. The fourth-order valence-electron chi connectivity index (χ4n) is 6.17. The highest BCUT2D eigenvalue weighted by molar-refractivity contribution is 5.92. The number of fused-ring (bicyclic) bond motifs is 5. The predicted molar refractivity (Wildman–Crippen MR) is 102 cm³/mol. The van der Waals surface area contributed by atoms with Crippen LogP contribution in [0.3, 0.4) is 0 Å². The third-order valence-corrected chi connectivity index (χ3v) is 7.50. The van der Waals surface area contributed by atoms with Gasteiger partial charge in [0.1, 0.15) is 0 Å². The highest BCUT2D eigenvalue weighted by atomic mass is 16.3. The summed E-state index contributed by atoms with van der Waals surface area (Å²) in [7, 11) is 0. The van der Waals surface area contributed by atoms with Gasteiger partial charge in [-0.1, -0.05) is 34.1 Å². The maximum atomic E-state index is 10.3. The summed E-state index contributed by atoms with van der Waals surface area (Å²) in [4.78, 5) is 3.66. The maximum Gasteiger partial charge on any atom is 0.162 e. The Morgan fingerprint density at radius 1 is 1.12 bits per heavy atom. The molecule has 3 nitrogen and oxygen atoms in total. The molecule has 3 heteroatoms. The summed E-state index contributed by atoms with van der Waals surface area (Å²) in [5, 5.41) is 21.6. The van der Waals surface area contributed by atoms with Crippen LogP contribution in [-0.4, -0.2) is 15.2 Å². The molecule has 4 rings (SSSR count). The third-order valence-electron chi connectivity index (χ3n) is 7.50. The lowest BCUT2D eigenvalue weighted by Gasteiger charge is -2.51. The first-order chi connectivity index (χ1) is 11.7. The molecule has 1 fully saturated rings. The first-order valence-electron chi connectivity index (χ1n) is 9.74. The summed E-state index contributed by atoms with van der Waals surface area (Å²) in [6, 6.07) is 1.79. The van der Waals surface area contributed by atoms with Crippen LogP contribution < -0.4 is 0 Å². The lowest BCUT2D eigenvalue weighted by molar-refractivity contribution is 0.0505. The zero-order chi connectivity index (χ0) is 18.1. The van der Waals surface area contributed by atoms with Gasteiger partial charge in [0.05, 0.1) is 5.52 Å². The van der Waals surface area contributed by atoms with Crippen LogP contribution in [0, 0.1) is 18.3 Å². The van der Waals surface area contributed by atoms with Crippen molar-refractivity contribution in [1.29, 1.82) is 0 Å². The number of hydrogen-bond acceptors (Lipinski definition) is 2. The van der Waals surface area contributed by atoms with Crippen molar-refractivity contribution in [3.63, 3.8) is 0 Å². The van der Waals surface area contributed by atoms with E-state index < -0.39 is 0 Å². The summed E-state index contributed by atoms with van der Waals surface area (Å²) < 4.78 is 0. The molecule has 1 aromatic carbocycles. The number of aromatic amines is 1. The number of aryl methyl sites for hydroxylation is 1. The average Bonchev–Trinajstić information content (AvgIpc) is 2.86. The number of benzene rings is 1. The summed E-state index contributed by atoms with van der Waals surface area (Å²) in [6.07, 6.45) is 6.21. The number of aromatic hydroxyl groups is 2. The van der Waals surface area contributed by atoms with E-state index in [1.165, 1.54) is 43.4 Å². The molecule has 0 bridgehead atoms. The molecule has 0 amide bonds. The number of H-pyrrole nitrogens is 1. The van der Waals surface area contributed by atoms with E-state index in [0.717, 1.165) is 16.5 Å². The normalized spacial score (nSPS) is 31.4. The predicted octanol–water partition coefficient (Wildman–Crippen LogP) is 5.87. The van der Waals surface area contributed by atoms with Gasteiger partial charge in [-0.2, -0.15) is 0 Å². The van der Waals surface area contributed by atoms with E-state index in [2.05, 4.69) is 32.7 Å². The number of nitrogens with one attached hydrogen (secondary N) is 1. The van der Waals surface area contributed by atoms with E-state index in [1.807, 2.05) is 6.92 Å². The van der Waals surface area contributed by atoms with Crippen molar-refractivity contribution in [2.75, 3.05) is 0 Å². The van der Waals surface area contributed by atoms with Gasteiger partial charge in [0.15, 0.2) is 11.5 Å². The average molecular weight is 341 g/mol. The van der Waals surface area contributed by atoms with Gasteiger partial charge in [-0.25, -0.2) is 0 Å². The van der Waals surface area contributed by atoms with Gasteiger partial charge in [-0.05, 0) is 66.9 Å². The molecule has 136 valence electrons. The van der Waals surface area contributed by atoms with E-state index in [1.54, 1.807) is 6.07 Å². The van der Waals surface area contributed by atoms with Gasteiger partial charge in [-0.3, -0.25) is 0 Å². The molecule has 1 unspecified atom stereocenters. The number of rotatable bonds is 0. The zero-order valence-electron chi connectivity index (χ0n) is 16.2. The fraction of sp³-hybridized carbons (Fsp3) is 0.636. The molecule has 0 spiro atoms. The van der Waals surface area contributed by atoms with E-state index in [4.69, 9.17) is 0 Å². The highest BCUT2D eigenvalue weighted by Gasteiger charge is 2.50. The Morgan fingerprint density at radius 2 is 1.84 bits per heavy atom. The quantitative estimate of drug-likeness (QED) is 0.525. The van der Waals surface area contributed by atoms with Crippen molar-refractivity contribution in [2.45, 2.75) is 78.1 Å². The maximum absolute atomic E-state index is 10.3. The lowest BCUT2D eigenvalue weighted by atomic mass is 9.53. The molecular formula is C22H31NO2. The highest BCUT2D eigenvalue weighted by Crippen LogP contribution is 2.59. The molecule has 0 saturated heterocycles. The van der Waals surface area contributed by atoms with Gasteiger partial charge in [-0.15, -0.1) is 0 Å². The number of hydrogen-bond donors (Lipinski definition) is 3. The molecule has 3 N–H and O–H groups in total. The molecule has 1 saturated carbocycles. The largest absolute Gasteiger partial charge is 0.504 e. The topological polar surface area (TPSA) is 56.2 Å². The van der Waals surface area contributed by atoms with Crippen LogP contribution in [0.25, 0.3) is 10.9 Å². The molecule has 1 aromatic heterocycles. The Labute approximate surface area is 150 Å². The van der Waals surface area contributed by atoms with Gasteiger partial charge < -0.3 is 15.2 Å². The fourth-order valence-corrected chi connectivity index (χ4v) is 6.17. The Bertz CT molecular complexity index is 848. The van der Waals surface area contributed by atoms with Crippen molar-refractivity contribution in [3.05, 3.63) is 22.9 Å². The molecule has 2 aromatic rings. The lowest BCUT2D eigenvalue weighted by Crippen LogP contribution is -2.44. The van der Waals surface area contributed by atoms with Gasteiger partial charge in [0.25, 0.3) is 0 Å². The smallest absolute Gasteiger partial charge is 0.162 e. The van der Waals surface area contributed by atoms with Gasteiger partial charge >= 0.3 is 0 Å². The van der Waals surface area contributed by atoms with Crippen molar-refractivity contribution in [1.82, 2.24) is 4.98 Å². The van der Waals surface area contributed by atoms with E-state index in [0.29, 0.717) is 17.3 Å². The Morgan fingerprint density at radius 3 is 2.56 bits per heavy atom. The number of phenolic OH excluding ortho intramolecular Hbond substituents is 2. The summed E-state index contributed by atoms with van der Waals surface area (Å²) >= 11 is 0. The molecule has 3 atom stereocenters. The Balaban J connectivity index is 2.07.